The number of carbonyl (C=O) groups is 1. The van der Waals surface area contributed by atoms with Gasteiger partial charge in [-0.15, -0.1) is 0 Å². The Bertz CT molecular complexity index is 1080. The highest BCUT2D eigenvalue weighted by Crippen LogP contribution is 2.04. The molecule has 0 spiro atoms. The molecule has 0 radical (unpaired) electrons. The molecule has 0 N–H and O–H groups in total. The van der Waals surface area contributed by atoms with E-state index in [0.29, 0.717) is 6.42 Å². The van der Waals surface area contributed by atoms with E-state index >= 15 is 0 Å². The first-order valence-corrected chi connectivity index (χ1v) is 19.1. The fourth-order valence-corrected chi connectivity index (χ4v) is 4.22. The highest BCUT2D eigenvalue weighted by Gasteiger charge is 1.98. The summed E-state index contributed by atoms with van der Waals surface area (Å²) >= 11 is 1.39. The predicted octanol–water partition coefficient (Wildman–Crippen LogP) is 11.5. The molecule has 0 saturated carbocycles. The molecular weight excluding hydrogens is 597 g/mol. The summed E-state index contributed by atoms with van der Waals surface area (Å²) in [6.45, 7) is 6.12. The molecule has 0 aliphatic heterocycles. The maximum Gasteiger partial charge on any atom is 0.264 e. The lowest BCUT2D eigenvalue weighted by atomic mass is 10.2. The van der Waals surface area contributed by atoms with E-state index in [4.69, 9.17) is 0 Å². The SMILES string of the molecule is CC/C=C\C/C=C\C/C=C\C/C=C\C/C=C\CCOS(C)(=O)=O.CC/C=C\C/C=C\C/C=C\C/C=C\C/C=C\CCSC(C)=O. The number of thioether (sulfide) groups is 1. The number of hydrogen-bond acceptors (Lipinski definition) is 5. The predicted molar refractivity (Wildman–Crippen MR) is 202 cm³/mol. The van der Waals surface area contributed by atoms with Crippen LogP contribution in [0.4, 0.5) is 0 Å². The van der Waals surface area contributed by atoms with Gasteiger partial charge >= 0.3 is 0 Å². The van der Waals surface area contributed by atoms with Crippen molar-refractivity contribution in [2.45, 2.75) is 97.8 Å². The van der Waals surface area contributed by atoms with Crippen molar-refractivity contribution in [1.29, 1.82) is 0 Å². The summed E-state index contributed by atoms with van der Waals surface area (Å²) in [4.78, 5) is 10.7. The summed E-state index contributed by atoms with van der Waals surface area (Å²) in [6, 6.07) is 0. The second kappa shape index (κ2) is 37.5. The lowest BCUT2D eigenvalue weighted by molar-refractivity contribution is -0.109. The molecule has 0 aliphatic carbocycles. The molecule has 0 unspecified atom stereocenters. The van der Waals surface area contributed by atoms with E-state index < -0.39 is 10.1 Å². The van der Waals surface area contributed by atoms with Crippen LogP contribution >= 0.6 is 11.8 Å². The van der Waals surface area contributed by atoms with Gasteiger partial charge in [0.15, 0.2) is 5.12 Å². The van der Waals surface area contributed by atoms with Crippen molar-refractivity contribution in [2.75, 3.05) is 18.6 Å². The van der Waals surface area contributed by atoms with Gasteiger partial charge in [-0.1, -0.05) is 147 Å². The average Bonchev–Trinajstić information content (AvgIpc) is 3.00. The Morgan fingerprint density at radius 3 is 1.09 bits per heavy atom. The maximum absolute atomic E-state index is 10.7. The standard InChI is InChI=1S/C20H30OS.C19H30O3S/c1-3-4-5-6-7-8-9-10-11-12-13-14-15-16-17-18-19-22-20(2)21;1-3-4-5-6-7-8-9-10-11-12-13-14-15-16-17-18-19-22-23(2,20)21/h4-5,7-8,10-11,13-14,16-17H,3,6,9,12,15,18-19H2,1-2H3;4-5,7-8,10-11,13-14,16-17H,3,6,9,12,15,18-19H2,1-2H3/b2*5-4-,8-7-,11-10-,14-13-,17-16-. The Labute approximate surface area is 281 Å². The Hall–Kier alpha value is -2.67. The van der Waals surface area contributed by atoms with Gasteiger partial charge in [-0.25, -0.2) is 0 Å². The van der Waals surface area contributed by atoms with Crippen molar-refractivity contribution in [3.05, 3.63) is 122 Å². The molecular formula is C39H60O4S2. The minimum Gasteiger partial charge on any atom is -0.288 e. The quantitative estimate of drug-likeness (QED) is 0.0556. The summed E-state index contributed by atoms with van der Waals surface area (Å²) in [6.07, 6.45) is 55.8. The van der Waals surface area contributed by atoms with Crippen LogP contribution in [0.1, 0.15) is 97.8 Å². The second-order valence-electron chi connectivity index (χ2n) is 9.86. The number of rotatable bonds is 25. The summed E-state index contributed by atoms with van der Waals surface area (Å²) in [5, 5.41) is 0.201. The minimum atomic E-state index is -3.31. The smallest absolute Gasteiger partial charge is 0.264 e. The van der Waals surface area contributed by atoms with E-state index in [1.807, 2.05) is 12.2 Å². The third kappa shape index (κ3) is 48.4. The third-order valence-electron chi connectivity index (χ3n) is 5.49. The Morgan fingerprint density at radius 1 is 0.511 bits per heavy atom. The van der Waals surface area contributed by atoms with E-state index in [9.17, 15) is 13.2 Å². The first-order chi connectivity index (χ1) is 21.8. The molecule has 6 heteroatoms. The van der Waals surface area contributed by atoms with E-state index in [0.717, 1.165) is 82.6 Å². The summed E-state index contributed by atoms with van der Waals surface area (Å²) < 4.78 is 26.1. The molecule has 0 aromatic heterocycles. The normalized spacial score (nSPS) is 13.2. The van der Waals surface area contributed by atoms with Gasteiger partial charge in [0.2, 0.25) is 0 Å². The van der Waals surface area contributed by atoms with Gasteiger partial charge in [0.1, 0.15) is 0 Å². The Balaban J connectivity index is 0. The van der Waals surface area contributed by atoms with Crippen LogP contribution < -0.4 is 0 Å². The zero-order valence-corrected chi connectivity index (χ0v) is 30.0. The molecule has 0 aliphatic rings. The molecule has 0 atom stereocenters. The van der Waals surface area contributed by atoms with E-state index in [1.54, 1.807) is 6.92 Å². The van der Waals surface area contributed by atoms with E-state index in [-0.39, 0.29) is 11.7 Å². The molecule has 0 bridgehead atoms. The van der Waals surface area contributed by atoms with Gasteiger partial charge in [-0.2, -0.15) is 8.42 Å². The zero-order valence-electron chi connectivity index (χ0n) is 28.4. The molecule has 45 heavy (non-hydrogen) atoms. The van der Waals surface area contributed by atoms with Crippen molar-refractivity contribution < 1.29 is 17.4 Å². The third-order valence-corrected chi connectivity index (χ3v) is 6.93. The fourth-order valence-electron chi connectivity index (χ4n) is 3.28. The lowest BCUT2D eigenvalue weighted by Crippen LogP contribution is -2.02. The van der Waals surface area contributed by atoms with Crippen LogP contribution in [-0.2, 0) is 19.1 Å². The van der Waals surface area contributed by atoms with Crippen LogP contribution in [-0.4, -0.2) is 32.1 Å². The second-order valence-corrected chi connectivity index (χ2v) is 12.8. The molecule has 0 rings (SSSR count). The average molecular weight is 657 g/mol. The largest absolute Gasteiger partial charge is 0.288 e. The molecule has 0 amide bonds. The van der Waals surface area contributed by atoms with Gasteiger partial charge in [-0.05, 0) is 77.0 Å². The maximum atomic E-state index is 10.7. The molecule has 4 nitrogen and oxygen atoms in total. The van der Waals surface area contributed by atoms with Crippen LogP contribution in [0.15, 0.2) is 122 Å². The summed E-state index contributed by atoms with van der Waals surface area (Å²) in [5.74, 6) is 0.889. The van der Waals surface area contributed by atoms with Crippen molar-refractivity contribution in [3.8, 4) is 0 Å². The Morgan fingerprint density at radius 2 is 0.800 bits per heavy atom. The van der Waals surface area contributed by atoms with Gasteiger partial charge in [0.05, 0.1) is 12.9 Å². The van der Waals surface area contributed by atoms with Gasteiger partial charge < -0.3 is 0 Å². The molecule has 0 saturated heterocycles. The molecule has 0 aromatic carbocycles. The van der Waals surface area contributed by atoms with Crippen LogP contribution in [0.3, 0.4) is 0 Å². The van der Waals surface area contributed by atoms with Crippen molar-refractivity contribution >= 4 is 27.0 Å². The van der Waals surface area contributed by atoms with Crippen LogP contribution in [0.2, 0.25) is 0 Å². The topological polar surface area (TPSA) is 60.4 Å². The molecule has 0 fully saturated rings. The molecule has 0 heterocycles. The monoisotopic (exact) mass is 656 g/mol. The number of carbonyl (C=O) groups excluding carboxylic acids is 1. The first-order valence-electron chi connectivity index (χ1n) is 16.3. The van der Waals surface area contributed by atoms with Crippen LogP contribution in [0, 0.1) is 0 Å². The van der Waals surface area contributed by atoms with Gasteiger partial charge in [-0.3, -0.25) is 8.98 Å². The highest BCUT2D eigenvalue weighted by atomic mass is 32.2. The Kier molecular flexibility index (Phi) is 37.1. The van der Waals surface area contributed by atoms with Crippen molar-refractivity contribution in [2.24, 2.45) is 0 Å². The highest BCUT2D eigenvalue weighted by molar-refractivity contribution is 8.13. The lowest BCUT2D eigenvalue weighted by Gasteiger charge is -1.96. The molecule has 0 aromatic rings. The van der Waals surface area contributed by atoms with Crippen molar-refractivity contribution in [3.63, 3.8) is 0 Å². The summed E-state index contributed by atoms with van der Waals surface area (Å²) in [5.41, 5.74) is 0. The number of allylic oxidation sites excluding steroid dienone is 19. The van der Waals surface area contributed by atoms with Crippen LogP contribution in [0.25, 0.3) is 0 Å². The van der Waals surface area contributed by atoms with Gasteiger partial charge in [0, 0.05) is 12.7 Å². The fraction of sp³-hybridized carbons (Fsp3) is 0.462. The zero-order chi connectivity index (χ0) is 33.5. The summed E-state index contributed by atoms with van der Waals surface area (Å²) in [7, 11) is -3.31. The first kappa shape index (κ1) is 44.5. The van der Waals surface area contributed by atoms with E-state index in [1.165, 1.54) is 11.8 Å². The van der Waals surface area contributed by atoms with Gasteiger partial charge in [0.25, 0.3) is 10.1 Å². The minimum absolute atomic E-state index is 0.201. The van der Waals surface area contributed by atoms with Crippen molar-refractivity contribution in [1.82, 2.24) is 0 Å². The number of hydrogen-bond donors (Lipinski definition) is 0. The van der Waals surface area contributed by atoms with E-state index in [2.05, 4.69) is 127 Å². The molecule has 252 valence electrons. The van der Waals surface area contributed by atoms with Crippen LogP contribution in [0.5, 0.6) is 0 Å².